The van der Waals surface area contributed by atoms with Crippen molar-refractivity contribution in [3.05, 3.63) is 64.2 Å². The van der Waals surface area contributed by atoms with Crippen LogP contribution in [0.3, 0.4) is 0 Å². The van der Waals surface area contributed by atoms with E-state index in [1.807, 2.05) is 11.8 Å². The molecule has 6 heteroatoms. The highest BCUT2D eigenvalue weighted by atomic mass is 32.2. The first-order valence-electron chi connectivity index (χ1n) is 18.9. The van der Waals surface area contributed by atoms with Crippen LogP contribution in [0.5, 0.6) is 5.75 Å². The van der Waals surface area contributed by atoms with Crippen molar-refractivity contribution < 1.29 is 23.7 Å². The van der Waals surface area contributed by atoms with Crippen LogP contribution in [-0.4, -0.2) is 63.2 Å². The van der Waals surface area contributed by atoms with E-state index < -0.39 is 0 Å². The number of hydrogen-bond acceptors (Lipinski definition) is 6. The second-order valence-corrected chi connectivity index (χ2v) is 14.7. The standard InChI is InChI=1S/C41H66O5S/c1-8-13-22-42-30-37-38(44-24-15-10-3)39(45-25-16-11-4)40(46-26-17-12-5)41(47-37)35-29-34(28-33-20-18-31(6)19-21-33)32(7)27-36(35)43-23-14-9-2/h18-21,27,29,37-41H,8-17,22-26,28,30H2,1-7H3/t37-,38-,39+,40-,41+/m1/s1. The zero-order valence-electron chi connectivity index (χ0n) is 30.8. The highest BCUT2D eigenvalue weighted by Gasteiger charge is 2.49. The van der Waals surface area contributed by atoms with E-state index in [-0.39, 0.29) is 28.8 Å². The topological polar surface area (TPSA) is 46.2 Å². The van der Waals surface area contributed by atoms with Gasteiger partial charge in [-0.2, -0.15) is 0 Å². The number of rotatable bonds is 24. The molecule has 0 spiro atoms. The Morgan fingerprint density at radius 1 is 0.617 bits per heavy atom. The van der Waals surface area contributed by atoms with Crippen LogP contribution >= 0.6 is 11.8 Å². The third kappa shape index (κ3) is 13.0. The first kappa shape index (κ1) is 39.9. The van der Waals surface area contributed by atoms with Gasteiger partial charge in [0, 0.05) is 32.0 Å². The number of aryl methyl sites for hydroxylation is 2. The number of unbranched alkanes of at least 4 members (excludes halogenated alkanes) is 5. The van der Waals surface area contributed by atoms with Crippen LogP contribution in [0.2, 0.25) is 0 Å². The van der Waals surface area contributed by atoms with E-state index in [0.29, 0.717) is 26.4 Å². The summed E-state index contributed by atoms with van der Waals surface area (Å²) in [5.74, 6) is 0.980. The predicted molar refractivity (Wildman–Crippen MR) is 199 cm³/mol. The zero-order valence-corrected chi connectivity index (χ0v) is 31.6. The molecule has 0 unspecified atom stereocenters. The molecule has 1 heterocycles. The average Bonchev–Trinajstić information content (AvgIpc) is 3.07. The Kier molecular flexibility index (Phi) is 19.5. The molecule has 2 aromatic carbocycles. The molecule has 3 rings (SSSR count). The maximum Gasteiger partial charge on any atom is 0.123 e. The van der Waals surface area contributed by atoms with Gasteiger partial charge in [0.2, 0.25) is 0 Å². The van der Waals surface area contributed by atoms with E-state index in [1.165, 1.54) is 27.8 Å². The van der Waals surface area contributed by atoms with Crippen LogP contribution in [0.25, 0.3) is 0 Å². The fourth-order valence-corrected chi connectivity index (χ4v) is 7.60. The molecule has 0 amide bonds. The van der Waals surface area contributed by atoms with E-state index in [9.17, 15) is 0 Å². The van der Waals surface area contributed by atoms with Gasteiger partial charge in [0.1, 0.15) is 24.1 Å². The minimum atomic E-state index is -0.188. The smallest absolute Gasteiger partial charge is 0.123 e. The van der Waals surface area contributed by atoms with Crippen LogP contribution in [0.15, 0.2) is 36.4 Å². The van der Waals surface area contributed by atoms with Gasteiger partial charge in [0.05, 0.1) is 23.7 Å². The quantitative estimate of drug-likeness (QED) is 0.104. The normalized spacial score (nSPS) is 21.3. The molecule has 1 fully saturated rings. The number of hydrogen-bond donors (Lipinski definition) is 0. The van der Waals surface area contributed by atoms with Crippen molar-refractivity contribution in [1.29, 1.82) is 0 Å². The van der Waals surface area contributed by atoms with Gasteiger partial charge >= 0.3 is 0 Å². The van der Waals surface area contributed by atoms with Gasteiger partial charge in [-0.25, -0.2) is 0 Å². The van der Waals surface area contributed by atoms with Crippen LogP contribution in [0.1, 0.15) is 132 Å². The van der Waals surface area contributed by atoms with Crippen molar-refractivity contribution in [3.63, 3.8) is 0 Å². The van der Waals surface area contributed by atoms with Crippen molar-refractivity contribution in [2.24, 2.45) is 0 Å². The third-order valence-corrected chi connectivity index (χ3v) is 10.6. The second-order valence-electron chi connectivity index (χ2n) is 13.3. The molecule has 5 nitrogen and oxygen atoms in total. The Morgan fingerprint density at radius 3 is 1.79 bits per heavy atom. The van der Waals surface area contributed by atoms with Crippen molar-refractivity contribution >= 4 is 11.8 Å². The summed E-state index contributed by atoms with van der Waals surface area (Å²) >= 11 is 1.96. The lowest BCUT2D eigenvalue weighted by atomic mass is 9.91. The van der Waals surface area contributed by atoms with Crippen LogP contribution in [0, 0.1) is 13.8 Å². The Bertz CT molecular complexity index is 1110. The molecule has 0 bridgehead atoms. The molecular weight excluding hydrogens is 605 g/mol. The van der Waals surface area contributed by atoms with Crippen LogP contribution in [0.4, 0.5) is 0 Å². The molecule has 5 atom stereocenters. The second kappa shape index (κ2) is 22.9. The zero-order chi connectivity index (χ0) is 33.9. The van der Waals surface area contributed by atoms with Crippen molar-refractivity contribution in [3.8, 4) is 5.75 Å². The molecule has 0 saturated carbocycles. The summed E-state index contributed by atoms with van der Waals surface area (Å²) in [4.78, 5) is 0. The van der Waals surface area contributed by atoms with Gasteiger partial charge in [0.25, 0.3) is 0 Å². The van der Waals surface area contributed by atoms with Crippen LogP contribution < -0.4 is 4.74 Å². The minimum absolute atomic E-state index is 0.0262. The van der Waals surface area contributed by atoms with Gasteiger partial charge in [-0.1, -0.05) is 103 Å². The fraction of sp³-hybridized carbons (Fsp3) is 0.707. The van der Waals surface area contributed by atoms with E-state index in [0.717, 1.165) is 89.6 Å². The Balaban J connectivity index is 2.12. The summed E-state index contributed by atoms with van der Waals surface area (Å²) in [7, 11) is 0. The maximum atomic E-state index is 6.92. The summed E-state index contributed by atoms with van der Waals surface area (Å²) in [6, 6.07) is 13.6. The van der Waals surface area contributed by atoms with Crippen molar-refractivity contribution in [2.45, 2.75) is 148 Å². The van der Waals surface area contributed by atoms with Gasteiger partial charge in [0.15, 0.2) is 0 Å². The van der Waals surface area contributed by atoms with Gasteiger partial charge < -0.3 is 23.7 Å². The Morgan fingerprint density at radius 2 is 1.17 bits per heavy atom. The van der Waals surface area contributed by atoms with Gasteiger partial charge in [-0.05, 0) is 75.1 Å². The monoisotopic (exact) mass is 670 g/mol. The molecule has 0 radical (unpaired) electrons. The SMILES string of the molecule is CCCCOC[C@H]1S[C@@H](c2cc(Cc3ccc(C)cc3)c(C)cc2OCCCC)[C@H](OCCCC)[C@@H](OCCCC)[C@@H]1OCCCC. The van der Waals surface area contributed by atoms with Gasteiger partial charge in [-0.3, -0.25) is 0 Å². The number of thioether (sulfide) groups is 1. The molecular formula is C41H66O5S. The Labute approximate surface area is 292 Å². The van der Waals surface area contributed by atoms with E-state index in [2.05, 4.69) is 84.9 Å². The van der Waals surface area contributed by atoms with E-state index >= 15 is 0 Å². The molecule has 2 aromatic rings. The predicted octanol–water partition coefficient (Wildman–Crippen LogP) is 10.6. The van der Waals surface area contributed by atoms with Gasteiger partial charge in [-0.15, -0.1) is 11.8 Å². The molecule has 266 valence electrons. The summed E-state index contributed by atoms with van der Waals surface area (Å²) < 4.78 is 33.5. The molecule has 1 saturated heterocycles. The lowest BCUT2D eigenvalue weighted by Crippen LogP contribution is -2.55. The molecule has 47 heavy (non-hydrogen) atoms. The molecule has 0 aromatic heterocycles. The third-order valence-electron chi connectivity index (χ3n) is 9.03. The van der Waals surface area contributed by atoms with Crippen LogP contribution in [-0.2, 0) is 25.4 Å². The lowest BCUT2D eigenvalue weighted by molar-refractivity contribution is -0.149. The number of ether oxygens (including phenoxy) is 5. The summed E-state index contributed by atoms with van der Waals surface area (Å²) in [6.45, 7) is 19.7. The van der Waals surface area contributed by atoms with Crippen molar-refractivity contribution in [1.82, 2.24) is 0 Å². The molecule has 0 aliphatic carbocycles. The first-order chi connectivity index (χ1) is 23.0. The minimum Gasteiger partial charge on any atom is -0.493 e. The Hall–Kier alpha value is -1.57. The summed E-state index contributed by atoms with van der Waals surface area (Å²) in [5, 5.41) is 0.148. The summed E-state index contributed by atoms with van der Waals surface area (Å²) in [5.41, 5.74) is 6.42. The lowest BCUT2D eigenvalue weighted by Gasteiger charge is -2.46. The highest BCUT2D eigenvalue weighted by Crippen LogP contribution is 2.50. The fourth-order valence-electron chi connectivity index (χ4n) is 5.95. The molecule has 1 aliphatic rings. The first-order valence-corrected chi connectivity index (χ1v) is 19.8. The maximum absolute atomic E-state index is 6.92. The molecule has 0 N–H and O–H groups in total. The molecule has 1 aliphatic heterocycles. The van der Waals surface area contributed by atoms with E-state index in [4.69, 9.17) is 23.7 Å². The number of benzene rings is 2. The highest BCUT2D eigenvalue weighted by molar-refractivity contribution is 8.00. The largest absolute Gasteiger partial charge is 0.493 e. The van der Waals surface area contributed by atoms with E-state index in [1.54, 1.807) is 0 Å². The average molecular weight is 671 g/mol. The van der Waals surface area contributed by atoms with Crippen molar-refractivity contribution in [2.75, 3.05) is 39.6 Å². The summed E-state index contributed by atoms with van der Waals surface area (Å²) in [6.07, 6.45) is 11.1.